The highest BCUT2D eigenvalue weighted by molar-refractivity contribution is 5.92. The number of anilines is 1. The number of aromatic nitrogens is 1. The quantitative estimate of drug-likeness (QED) is 0.913. The van der Waals surface area contributed by atoms with Crippen LogP contribution in [-0.2, 0) is 6.54 Å². The summed E-state index contributed by atoms with van der Waals surface area (Å²) < 4.78 is 0. The maximum Gasteiger partial charge on any atom is 0.136 e. The van der Waals surface area contributed by atoms with Crippen LogP contribution in [0.1, 0.15) is 32.9 Å². The number of pyridine rings is 1. The van der Waals surface area contributed by atoms with Crippen LogP contribution in [0.4, 0.5) is 5.82 Å². The van der Waals surface area contributed by atoms with Crippen LogP contribution in [0.25, 0.3) is 10.8 Å². The van der Waals surface area contributed by atoms with Crippen molar-refractivity contribution in [1.29, 1.82) is 0 Å². The predicted octanol–water partition coefficient (Wildman–Crippen LogP) is 3.32. The average molecular weight is 257 g/mol. The molecular weight excluding hydrogens is 234 g/mol. The first kappa shape index (κ1) is 13.8. The van der Waals surface area contributed by atoms with Gasteiger partial charge in [0.05, 0.1) is 5.69 Å². The second kappa shape index (κ2) is 5.17. The lowest BCUT2D eigenvalue weighted by Crippen LogP contribution is -2.41. The molecule has 0 saturated carbocycles. The van der Waals surface area contributed by atoms with Crippen LogP contribution < -0.4 is 10.6 Å². The standard InChI is InChI=1S/C16H23N3/c1-5-16(2,3)19(4)15-14-9-7-6-8-12(14)10-13(11-17)18-15/h6-10H,5,11,17H2,1-4H3. The van der Waals surface area contributed by atoms with Gasteiger partial charge in [0.25, 0.3) is 0 Å². The molecular formula is C16H23N3. The van der Waals surface area contributed by atoms with E-state index in [1.807, 2.05) is 0 Å². The highest BCUT2D eigenvalue weighted by Crippen LogP contribution is 2.30. The van der Waals surface area contributed by atoms with Gasteiger partial charge in [0.1, 0.15) is 5.82 Å². The van der Waals surface area contributed by atoms with Crippen molar-refractivity contribution in [2.75, 3.05) is 11.9 Å². The summed E-state index contributed by atoms with van der Waals surface area (Å²) in [7, 11) is 2.11. The molecule has 2 rings (SSSR count). The molecule has 0 amide bonds. The zero-order valence-electron chi connectivity index (χ0n) is 12.3. The van der Waals surface area contributed by atoms with Crippen molar-refractivity contribution < 1.29 is 0 Å². The van der Waals surface area contributed by atoms with E-state index in [4.69, 9.17) is 10.7 Å². The monoisotopic (exact) mass is 257 g/mol. The molecule has 0 atom stereocenters. The van der Waals surface area contributed by atoms with E-state index < -0.39 is 0 Å². The highest BCUT2D eigenvalue weighted by atomic mass is 15.2. The summed E-state index contributed by atoms with van der Waals surface area (Å²) >= 11 is 0. The van der Waals surface area contributed by atoms with Crippen molar-refractivity contribution in [2.24, 2.45) is 5.73 Å². The Balaban J connectivity index is 2.64. The third-order valence-electron chi connectivity index (χ3n) is 4.07. The topological polar surface area (TPSA) is 42.2 Å². The number of rotatable bonds is 4. The molecule has 102 valence electrons. The van der Waals surface area contributed by atoms with Crippen LogP contribution in [0.15, 0.2) is 30.3 Å². The van der Waals surface area contributed by atoms with Crippen molar-refractivity contribution in [1.82, 2.24) is 4.98 Å². The molecule has 0 aliphatic carbocycles. The van der Waals surface area contributed by atoms with Crippen LogP contribution in [0.5, 0.6) is 0 Å². The fourth-order valence-corrected chi connectivity index (χ4v) is 2.12. The van der Waals surface area contributed by atoms with Gasteiger partial charge >= 0.3 is 0 Å². The first-order valence-corrected chi connectivity index (χ1v) is 6.82. The summed E-state index contributed by atoms with van der Waals surface area (Å²) in [6.07, 6.45) is 1.06. The molecule has 0 aliphatic heterocycles. The van der Waals surface area contributed by atoms with Crippen LogP contribution >= 0.6 is 0 Å². The first-order valence-electron chi connectivity index (χ1n) is 6.82. The van der Waals surface area contributed by atoms with E-state index in [-0.39, 0.29) is 5.54 Å². The SMILES string of the molecule is CCC(C)(C)N(C)c1nc(CN)cc2ccccc12. The zero-order valence-corrected chi connectivity index (χ0v) is 12.3. The number of nitrogens with two attached hydrogens (primary N) is 1. The van der Waals surface area contributed by atoms with E-state index in [2.05, 4.69) is 63.1 Å². The Morgan fingerprint density at radius 3 is 2.58 bits per heavy atom. The highest BCUT2D eigenvalue weighted by Gasteiger charge is 2.24. The Labute approximate surface area is 115 Å². The van der Waals surface area contributed by atoms with Crippen molar-refractivity contribution in [2.45, 2.75) is 39.3 Å². The molecule has 1 aromatic carbocycles. The van der Waals surface area contributed by atoms with Crippen molar-refractivity contribution in [3.63, 3.8) is 0 Å². The van der Waals surface area contributed by atoms with Gasteiger partial charge < -0.3 is 10.6 Å². The molecule has 0 fully saturated rings. The van der Waals surface area contributed by atoms with Crippen LogP contribution in [0, 0.1) is 0 Å². The molecule has 2 aromatic rings. The molecule has 0 saturated heterocycles. The smallest absolute Gasteiger partial charge is 0.136 e. The van der Waals surface area contributed by atoms with Crippen LogP contribution in [0.3, 0.4) is 0 Å². The fourth-order valence-electron chi connectivity index (χ4n) is 2.12. The number of nitrogens with zero attached hydrogens (tertiary/aromatic N) is 2. The molecule has 0 radical (unpaired) electrons. The summed E-state index contributed by atoms with van der Waals surface area (Å²) in [6.45, 7) is 7.14. The minimum Gasteiger partial charge on any atom is -0.354 e. The Kier molecular flexibility index (Phi) is 3.76. The number of hydrogen-bond acceptors (Lipinski definition) is 3. The van der Waals surface area contributed by atoms with Crippen molar-refractivity contribution in [3.05, 3.63) is 36.0 Å². The second-order valence-corrected chi connectivity index (χ2v) is 5.59. The van der Waals surface area contributed by atoms with Crippen molar-refractivity contribution >= 4 is 16.6 Å². The third-order valence-corrected chi connectivity index (χ3v) is 4.07. The first-order chi connectivity index (χ1) is 8.99. The van der Waals surface area contributed by atoms with Gasteiger partial charge in [-0.15, -0.1) is 0 Å². The summed E-state index contributed by atoms with van der Waals surface area (Å²) in [6, 6.07) is 10.4. The molecule has 19 heavy (non-hydrogen) atoms. The van der Waals surface area contributed by atoms with Gasteiger partial charge in [-0.3, -0.25) is 0 Å². The maximum atomic E-state index is 5.77. The zero-order chi connectivity index (χ0) is 14.0. The van der Waals surface area contributed by atoms with E-state index in [1.54, 1.807) is 0 Å². The molecule has 1 aromatic heterocycles. The van der Waals surface area contributed by atoms with Crippen LogP contribution in [-0.4, -0.2) is 17.6 Å². The van der Waals surface area contributed by atoms with Gasteiger partial charge in [-0.25, -0.2) is 4.98 Å². The van der Waals surface area contributed by atoms with E-state index in [1.165, 1.54) is 10.8 Å². The molecule has 3 heteroatoms. The Hall–Kier alpha value is -1.61. The van der Waals surface area contributed by atoms with E-state index in [9.17, 15) is 0 Å². The van der Waals surface area contributed by atoms with Gasteiger partial charge in [0, 0.05) is 24.5 Å². The molecule has 2 N–H and O–H groups in total. The Morgan fingerprint density at radius 2 is 1.95 bits per heavy atom. The average Bonchev–Trinajstić information content (AvgIpc) is 2.45. The predicted molar refractivity (Wildman–Crippen MR) is 82.4 cm³/mol. The van der Waals surface area contributed by atoms with Crippen LogP contribution in [0.2, 0.25) is 0 Å². The van der Waals surface area contributed by atoms with E-state index in [0.29, 0.717) is 6.54 Å². The Bertz CT molecular complexity index is 575. The lowest BCUT2D eigenvalue weighted by Gasteiger charge is -2.36. The number of hydrogen-bond donors (Lipinski definition) is 1. The largest absolute Gasteiger partial charge is 0.354 e. The maximum absolute atomic E-state index is 5.77. The van der Waals surface area contributed by atoms with Gasteiger partial charge in [-0.05, 0) is 31.7 Å². The molecule has 3 nitrogen and oxygen atoms in total. The summed E-state index contributed by atoms with van der Waals surface area (Å²) in [5, 5.41) is 2.38. The molecule has 0 spiro atoms. The van der Waals surface area contributed by atoms with E-state index >= 15 is 0 Å². The summed E-state index contributed by atoms with van der Waals surface area (Å²) in [5.74, 6) is 1.02. The van der Waals surface area contributed by atoms with Gasteiger partial charge in [-0.2, -0.15) is 0 Å². The fraction of sp³-hybridized carbons (Fsp3) is 0.438. The molecule has 1 heterocycles. The summed E-state index contributed by atoms with van der Waals surface area (Å²) in [4.78, 5) is 6.99. The number of fused-ring (bicyclic) bond motifs is 1. The lowest BCUT2D eigenvalue weighted by molar-refractivity contribution is 0.468. The molecule has 0 bridgehead atoms. The summed E-state index contributed by atoms with van der Waals surface area (Å²) in [5.41, 5.74) is 6.78. The van der Waals surface area contributed by atoms with Gasteiger partial charge in [0.15, 0.2) is 0 Å². The molecule has 0 unspecified atom stereocenters. The number of benzene rings is 1. The van der Waals surface area contributed by atoms with Crippen molar-refractivity contribution in [3.8, 4) is 0 Å². The third kappa shape index (κ3) is 2.56. The second-order valence-electron chi connectivity index (χ2n) is 5.59. The molecule has 0 aliphatic rings. The van der Waals surface area contributed by atoms with E-state index in [0.717, 1.165) is 17.9 Å². The lowest BCUT2D eigenvalue weighted by atomic mass is 9.99. The minimum absolute atomic E-state index is 0.0724. The van der Waals surface area contributed by atoms with Gasteiger partial charge in [-0.1, -0.05) is 31.2 Å². The minimum atomic E-state index is 0.0724. The normalized spacial score (nSPS) is 11.8. The van der Waals surface area contributed by atoms with Gasteiger partial charge in [0.2, 0.25) is 0 Å². The Morgan fingerprint density at radius 1 is 1.26 bits per heavy atom.